The molecule has 0 unspecified atom stereocenters. The molecule has 0 heterocycles. The monoisotopic (exact) mass is 367 g/mol. The van der Waals surface area contributed by atoms with E-state index in [0.29, 0.717) is 11.3 Å². The molecular weight excluding hydrogens is 354 g/mol. The third kappa shape index (κ3) is 3.92. The van der Waals surface area contributed by atoms with Gasteiger partial charge in [-0.25, -0.2) is 8.42 Å². The largest absolute Gasteiger partial charge is 0.322 e. The van der Waals surface area contributed by atoms with Crippen LogP contribution in [0.4, 0.5) is 5.69 Å². The smallest absolute Gasteiger partial charge is 0.255 e. The summed E-state index contributed by atoms with van der Waals surface area (Å²) >= 11 is 3.31. The van der Waals surface area contributed by atoms with Crippen molar-refractivity contribution in [3.05, 3.63) is 58.6 Å². The van der Waals surface area contributed by atoms with Gasteiger partial charge in [-0.3, -0.25) is 4.79 Å². The summed E-state index contributed by atoms with van der Waals surface area (Å²) in [5, 5.41) is 2.73. The second-order valence-electron chi connectivity index (χ2n) is 4.39. The maximum absolute atomic E-state index is 12.1. The van der Waals surface area contributed by atoms with Gasteiger partial charge < -0.3 is 5.32 Å². The van der Waals surface area contributed by atoms with E-state index in [4.69, 9.17) is 0 Å². The Labute approximate surface area is 132 Å². The Bertz CT molecular complexity index is 755. The lowest BCUT2D eigenvalue weighted by atomic mass is 10.2. The van der Waals surface area contributed by atoms with E-state index >= 15 is 0 Å². The van der Waals surface area contributed by atoms with Crippen LogP contribution >= 0.6 is 15.9 Å². The SMILES string of the molecule is CCS(=O)(=O)c1ccc(NC(=O)c2cccc(Br)c2)cc1. The summed E-state index contributed by atoms with van der Waals surface area (Å²) in [7, 11) is -3.22. The zero-order valence-electron chi connectivity index (χ0n) is 11.3. The summed E-state index contributed by atoms with van der Waals surface area (Å²) in [4.78, 5) is 12.3. The molecule has 6 heteroatoms. The summed E-state index contributed by atoms with van der Waals surface area (Å²) < 4.78 is 24.2. The molecule has 0 spiro atoms. The number of amides is 1. The maximum Gasteiger partial charge on any atom is 0.255 e. The molecule has 0 fully saturated rings. The fourth-order valence-electron chi connectivity index (χ4n) is 1.75. The molecule has 0 aliphatic heterocycles. The van der Waals surface area contributed by atoms with E-state index in [1.54, 1.807) is 37.3 Å². The number of carbonyl (C=O) groups is 1. The molecule has 0 saturated carbocycles. The van der Waals surface area contributed by atoms with Gasteiger partial charge in [-0.2, -0.15) is 0 Å². The molecule has 0 aliphatic rings. The first-order chi connectivity index (χ1) is 9.92. The first kappa shape index (κ1) is 15.7. The molecule has 1 amide bonds. The molecule has 21 heavy (non-hydrogen) atoms. The van der Waals surface area contributed by atoms with Gasteiger partial charge in [0, 0.05) is 15.7 Å². The van der Waals surface area contributed by atoms with Crippen LogP contribution in [0.15, 0.2) is 57.9 Å². The number of benzene rings is 2. The zero-order valence-corrected chi connectivity index (χ0v) is 13.7. The highest BCUT2D eigenvalue weighted by Gasteiger charge is 2.11. The number of sulfone groups is 1. The number of nitrogens with one attached hydrogen (secondary N) is 1. The van der Waals surface area contributed by atoms with Crippen LogP contribution < -0.4 is 5.32 Å². The molecule has 0 saturated heterocycles. The van der Waals surface area contributed by atoms with Gasteiger partial charge >= 0.3 is 0 Å². The van der Waals surface area contributed by atoms with Crippen molar-refractivity contribution in [1.29, 1.82) is 0 Å². The van der Waals surface area contributed by atoms with Crippen LogP contribution in [-0.4, -0.2) is 20.1 Å². The minimum absolute atomic E-state index is 0.0523. The quantitative estimate of drug-likeness (QED) is 0.899. The third-order valence-electron chi connectivity index (χ3n) is 2.94. The van der Waals surface area contributed by atoms with Crippen molar-refractivity contribution < 1.29 is 13.2 Å². The number of halogens is 1. The Hall–Kier alpha value is -1.66. The van der Waals surface area contributed by atoms with Gasteiger partial charge in [0.1, 0.15) is 0 Å². The van der Waals surface area contributed by atoms with Crippen LogP contribution in [0.3, 0.4) is 0 Å². The Kier molecular flexibility index (Phi) is 4.80. The fourth-order valence-corrected chi connectivity index (χ4v) is 3.03. The summed E-state index contributed by atoms with van der Waals surface area (Å²) in [6.45, 7) is 1.60. The van der Waals surface area contributed by atoms with E-state index in [0.717, 1.165) is 4.47 Å². The highest BCUT2D eigenvalue weighted by atomic mass is 79.9. The van der Waals surface area contributed by atoms with Crippen LogP contribution in [0, 0.1) is 0 Å². The number of hydrogen-bond acceptors (Lipinski definition) is 3. The van der Waals surface area contributed by atoms with Crippen molar-refractivity contribution in [2.24, 2.45) is 0 Å². The fraction of sp³-hybridized carbons (Fsp3) is 0.133. The Balaban J connectivity index is 2.16. The lowest BCUT2D eigenvalue weighted by Gasteiger charge is -2.07. The van der Waals surface area contributed by atoms with Gasteiger partial charge in [-0.1, -0.05) is 28.9 Å². The standard InChI is InChI=1S/C15H14BrNO3S/c1-2-21(19,20)14-8-6-13(7-9-14)17-15(18)11-4-3-5-12(16)10-11/h3-10H,2H2,1H3,(H,17,18). The first-order valence-electron chi connectivity index (χ1n) is 6.32. The maximum atomic E-state index is 12.1. The van der Waals surface area contributed by atoms with Crippen LogP contribution in [0.1, 0.15) is 17.3 Å². The van der Waals surface area contributed by atoms with Gasteiger partial charge in [0.25, 0.3) is 5.91 Å². The first-order valence-corrected chi connectivity index (χ1v) is 8.76. The van der Waals surface area contributed by atoms with Crippen LogP contribution in [0.25, 0.3) is 0 Å². The van der Waals surface area contributed by atoms with Crippen LogP contribution in [-0.2, 0) is 9.84 Å². The molecule has 0 aromatic heterocycles. The summed E-state index contributed by atoms with van der Waals surface area (Å²) in [5.41, 5.74) is 1.07. The second-order valence-corrected chi connectivity index (χ2v) is 7.59. The topological polar surface area (TPSA) is 63.2 Å². The molecule has 0 atom stereocenters. The minimum Gasteiger partial charge on any atom is -0.322 e. The van der Waals surface area contributed by atoms with E-state index in [1.165, 1.54) is 12.1 Å². The molecule has 1 N–H and O–H groups in total. The highest BCUT2D eigenvalue weighted by molar-refractivity contribution is 9.10. The van der Waals surface area contributed by atoms with Crippen LogP contribution in [0.5, 0.6) is 0 Å². The molecule has 0 bridgehead atoms. The Morgan fingerprint density at radius 1 is 1.14 bits per heavy atom. The van der Waals surface area contributed by atoms with Crippen LogP contribution in [0.2, 0.25) is 0 Å². The van der Waals surface area contributed by atoms with E-state index in [9.17, 15) is 13.2 Å². The average Bonchev–Trinajstić information content (AvgIpc) is 2.48. The molecular formula is C15H14BrNO3S. The van der Waals surface area contributed by atoms with E-state index in [-0.39, 0.29) is 16.6 Å². The number of hydrogen-bond donors (Lipinski definition) is 1. The van der Waals surface area contributed by atoms with Crippen molar-refractivity contribution in [1.82, 2.24) is 0 Å². The van der Waals surface area contributed by atoms with Gasteiger partial charge in [0.2, 0.25) is 0 Å². The third-order valence-corrected chi connectivity index (χ3v) is 5.18. The molecule has 0 aliphatic carbocycles. The molecule has 2 rings (SSSR count). The second kappa shape index (κ2) is 6.41. The highest BCUT2D eigenvalue weighted by Crippen LogP contribution is 2.17. The number of carbonyl (C=O) groups excluding carboxylic acids is 1. The predicted molar refractivity (Wildman–Crippen MR) is 86.3 cm³/mol. The lowest BCUT2D eigenvalue weighted by Crippen LogP contribution is -2.12. The molecule has 0 radical (unpaired) electrons. The van der Waals surface area contributed by atoms with Gasteiger partial charge in [0.15, 0.2) is 9.84 Å². The average molecular weight is 368 g/mol. The van der Waals surface area contributed by atoms with E-state index in [1.807, 2.05) is 6.07 Å². The van der Waals surface area contributed by atoms with Crippen molar-refractivity contribution in [3.8, 4) is 0 Å². The van der Waals surface area contributed by atoms with E-state index in [2.05, 4.69) is 21.2 Å². The molecule has 2 aromatic carbocycles. The van der Waals surface area contributed by atoms with Crippen molar-refractivity contribution in [3.63, 3.8) is 0 Å². The Morgan fingerprint density at radius 3 is 2.38 bits per heavy atom. The van der Waals surface area contributed by atoms with Gasteiger partial charge in [-0.05, 0) is 42.5 Å². The summed E-state index contributed by atoms with van der Waals surface area (Å²) in [5.74, 6) is -0.195. The Morgan fingerprint density at radius 2 is 1.81 bits per heavy atom. The molecule has 4 nitrogen and oxygen atoms in total. The summed E-state index contributed by atoms with van der Waals surface area (Å²) in [6, 6.07) is 13.2. The van der Waals surface area contributed by atoms with Crippen molar-refractivity contribution in [2.75, 3.05) is 11.1 Å². The molecule has 2 aromatic rings. The van der Waals surface area contributed by atoms with Gasteiger partial charge in [-0.15, -0.1) is 0 Å². The number of anilines is 1. The zero-order chi connectivity index (χ0) is 15.5. The van der Waals surface area contributed by atoms with E-state index < -0.39 is 9.84 Å². The molecule has 110 valence electrons. The van der Waals surface area contributed by atoms with Crippen molar-refractivity contribution in [2.45, 2.75) is 11.8 Å². The lowest BCUT2D eigenvalue weighted by molar-refractivity contribution is 0.102. The van der Waals surface area contributed by atoms with Crippen molar-refractivity contribution >= 4 is 37.4 Å². The number of rotatable bonds is 4. The van der Waals surface area contributed by atoms with Gasteiger partial charge in [0.05, 0.1) is 10.6 Å². The predicted octanol–water partition coefficient (Wildman–Crippen LogP) is 3.50. The normalized spacial score (nSPS) is 11.1. The summed E-state index contributed by atoms with van der Waals surface area (Å²) in [6.07, 6.45) is 0. The minimum atomic E-state index is -3.22.